The van der Waals surface area contributed by atoms with E-state index < -0.39 is 0 Å². The van der Waals surface area contributed by atoms with Crippen LogP contribution in [0.3, 0.4) is 0 Å². The van der Waals surface area contributed by atoms with Crippen LogP contribution in [-0.4, -0.2) is 9.55 Å². The SMILES string of the molecule is O=c1[nH]c2ccc(Cl)cc2n1C1CC1. The summed E-state index contributed by atoms with van der Waals surface area (Å²) in [6, 6.07) is 5.86. The number of hydrogen-bond acceptors (Lipinski definition) is 1. The number of rotatable bonds is 1. The molecule has 1 heterocycles. The number of nitrogens with one attached hydrogen (secondary N) is 1. The van der Waals surface area contributed by atoms with Crippen molar-refractivity contribution >= 4 is 22.6 Å². The average molecular weight is 209 g/mol. The molecule has 1 saturated carbocycles. The van der Waals surface area contributed by atoms with Gasteiger partial charge >= 0.3 is 5.69 Å². The van der Waals surface area contributed by atoms with Gasteiger partial charge in [-0.2, -0.15) is 0 Å². The van der Waals surface area contributed by atoms with E-state index in [1.54, 1.807) is 10.6 Å². The van der Waals surface area contributed by atoms with Gasteiger partial charge in [-0.25, -0.2) is 4.79 Å². The predicted molar refractivity (Wildman–Crippen MR) is 55.8 cm³/mol. The van der Waals surface area contributed by atoms with E-state index in [0.29, 0.717) is 11.1 Å². The Balaban J connectivity index is 2.39. The van der Waals surface area contributed by atoms with Crippen molar-refractivity contribution in [1.82, 2.24) is 9.55 Å². The van der Waals surface area contributed by atoms with Crippen molar-refractivity contribution in [1.29, 1.82) is 0 Å². The molecule has 0 bridgehead atoms. The van der Waals surface area contributed by atoms with Crippen LogP contribution in [0.25, 0.3) is 11.0 Å². The minimum Gasteiger partial charge on any atom is -0.306 e. The Labute approximate surface area is 85.3 Å². The van der Waals surface area contributed by atoms with Crippen LogP contribution < -0.4 is 5.69 Å². The largest absolute Gasteiger partial charge is 0.326 e. The highest BCUT2D eigenvalue weighted by Crippen LogP contribution is 2.35. The molecule has 4 heteroatoms. The van der Waals surface area contributed by atoms with Gasteiger partial charge in [-0.05, 0) is 31.0 Å². The Hall–Kier alpha value is -1.22. The van der Waals surface area contributed by atoms with Crippen LogP contribution in [0.5, 0.6) is 0 Å². The summed E-state index contributed by atoms with van der Waals surface area (Å²) < 4.78 is 1.81. The quantitative estimate of drug-likeness (QED) is 0.768. The summed E-state index contributed by atoms with van der Waals surface area (Å²) >= 11 is 5.90. The molecule has 3 nitrogen and oxygen atoms in total. The van der Waals surface area contributed by atoms with E-state index in [1.807, 2.05) is 12.1 Å². The Kier molecular flexibility index (Phi) is 1.53. The molecule has 0 spiro atoms. The molecule has 72 valence electrons. The maximum absolute atomic E-state index is 11.6. The Morgan fingerprint density at radius 1 is 1.43 bits per heavy atom. The third kappa shape index (κ3) is 1.09. The van der Waals surface area contributed by atoms with Gasteiger partial charge in [0.1, 0.15) is 0 Å². The molecule has 1 aliphatic carbocycles. The Bertz CT molecular complexity index is 551. The molecule has 1 N–H and O–H groups in total. The fourth-order valence-corrected chi connectivity index (χ4v) is 1.96. The maximum atomic E-state index is 11.6. The topological polar surface area (TPSA) is 37.8 Å². The molecule has 0 amide bonds. The molecule has 0 atom stereocenters. The van der Waals surface area contributed by atoms with Crippen molar-refractivity contribution < 1.29 is 0 Å². The van der Waals surface area contributed by atoms with Gasteiger partial charge in [-0.3, -0.25) is 4.57 Å². The molecule has 0 saturated heterocycles. The van der Waals surface area contributed by atoms with Crippen molar-refractivity contribution in [2.45, 2.75) is 18.9 Å². The van der Waals surface area contributed by atoms with Gasteiger partial charge in [-0.1, -0.05) is 11.6 Å². The van der Waals surface area contributed by atoms with Crippen LogP contribution in [0, 0.1) is 0 Å². The summed E-state index contributed by atoms with van der Waals surface area (Å²) in [4.78, 5) is 14.4. The van der Waals surface area contributed by atoms with Crippen LogP contribution in [0.4, 0.5) is 0 Å². The second kappa shape index (κ2) is 2.64. The number of halogens is 1. The summed E-state index contributed by atoms with van der Waals surface area (Å²) in [7, 11) is 0. The normalized spacial score (nSPS) is 16.4. The van der Waals surface area contributed by atoms with Gasteiger partial charge in [0.15, 0.2) is 0 Å². The summed E-state index contributed by atoms with van der Waals surface area (Å²) in [6.45, 7) is 0. The summed E-state index contributed by atoms with van der Waals surface area (Å²) in [5, 5.41) is 0.672. The fraction of sp³-hybridized carbons (Fsp3) is 0.300. The molecule has 2 aromatic rings. The van der Waals surface area contributed by atoms with E-state index in [0.717, 1.165) is 23.9 Å². The second-order valence-corrected chi connectivity index (χ2v) is 4.13. The molecular formula is C10H9ClN2O. The summed E-state index contributed by atoms with van der Waals surface area (Å²) in [6.07, 6.45) is 2.19. The lowest BCUT2D eigenvalue weighted by Gasteiger charge is -1.99. The van der Waals surface area contributed by atoms with E-state index in [9.17, 15) is 4.79 Å². The monoisotopic (exact) mass is 208 g/mol. The summed E-state index contributed by atoms with van der Waals surface area (Å²) in [5.74, 6) is 0. The van der Waals surface area contributed by atoms with Crippen molar-refractivity contribution in [2.24, 2.45) is 0 Å². The lowest BCUT2D eigenvalue weighted by atomic mass is 10.3. The summed E-state index contributed by atoms with van der Waals surface area (Å²) in [5.41, 5.74) is 1.76. The van der Waals surface area contributed by atoms with E-state index in [-0.39, 0.29) is 5.69 Å². The minimum atomic E-state index is -0.0234. The molecule has 0 radical (unpaired) electrons. The standard InChI is InChI=1S/C10H9ClN2O/c11-6-1-4-8-9(5-6)13(7-2-3-7)10(14)12-8/h1,4-5,7H,2-3H2,(H,12,14). The van der Waals surface area contributed by atoms with E-state index in [2.05, 4.69) is 4.98 Å². The Morgan fingerprint density at radius 3 is 2.93 bits per heavy atom. The molecule has 1 aliphatic rings. The fourth-order valence-electron chi connectivity index (χ4n) is 1.79. The third-order valence-corrected chi connectivity index (χ3v) is 2.83. The number of H-pyrrole nitrogens is 1. The van der Waals surface area contributed by atoms with Crippen molar-refractivity contribution in [2.75, 3.05) is 0 Å². The van der Waals surface area contributed by atoms with Crippen LogP contribution in [0.15, 0.2) is 23.0 Å². The number of benzene rings is 1. The number of fused-ring (bicyclic) bond motifs is 1. The van der Waals surface area contributed by atoms with E-state index >= 15 is 0 Å². The maximum Gasteiger partial charge on any atom is 0.326 e. The first-order valence-corrected chi connectivity index (χ1v) is 5.03. The highest BCUT2D eigenvalue weighted by atomic mass is 35.5. The zero-order chi connectivity index (χ0) is 9.71. The van der Waals surface area contributed by atoms with Crippen LogP contribution in [0.1, 0.15) is 18.9 Å². The first-order chi connectivity index (χ1) is 6.75. The van der Waals surface area contributed by atoms with E-state index in [1.165, 1.54) is 0 Å². The number of aromatic amines is 1. The van der Waals surface area contributed by atoms with E-state index in [4.69, 9.17) is 11.6 Å². The second-order valence-electron chi connectivity index (χ2n) is 3.69. The van der Waals surface area contributed by atoms with Gasteiger partial charge in [-0.15, -0.1) is 0 Å². The van der Waals surface area contributed by atoms with Gasteiger partial charge in [0.2, 0.25) is 0 Å². The van der Waals surface area contributed by atoms with Gasteiger partial charge < -0.3 is 4.98 Å². The molecule has 1 fully saturated rings. The Morgan fingerprint density at radius 2 is 2.21 bits per heavy atom. The number of aromatic nitrogens is 2. The molecular weight excluding hydrogens is 200 g/mol. The van der Waals surface area contributed by atoms with Gasteiger partial charge in [0.05, 0.1) is 11.0 Å². The predicted octanol–water partition coefficient (Wildman–Crippen LogP) is 2.32. The third-order valence-electron chi connectivity index (χ3n) is 2.59. The van der Waals surface area contributed by atoms with Gasteiger partial charge in [0.25, 0.3) is 0 Å². The molecule has 14 heavy (non-hydrogen) atoms. The lowest BCUT2D eigenvalue weighted by molar-refractivity contribution is 0.733. The number of imidazole rings is 1. The molecule has 1 aromatic heterocycles. The zero-order valence-corrected chi connectivity index (χ0v) is 8.21. The first kappa shape index (κ1) is 8.12. The zero-order valence-electron chi connectivity index (χ0n) is 7.46. The average Bonchev–Trinajstić information content (AvgIpc) is 2.90. The molecule has 0 aliphatic heterocycles. The molecule has 1 aromatic carbocycles. The smallest absolute Gasteiger partial charge is 0.306 e. The van der Waals surface area contributed by atoms with Crippen LogP contribution in [0.2, 0.25) is 5.02 Å². The highest BCUT2D eigenvalue weighted by molar-refractivity contribution is 6.31. The van der Waals surface area contributed by atoms with Gasteiger partial charge in [0, 0.05) is 11.1 Å². The van der Waals surface area contributed by atoms with Crippen LogP contribution >= 0.6 is 11.6 Å². The van der Waals surface area contributed by atoms with Crippen molar-refractivity contribution in [3.05, 3.63) is 33.7 Å². The highest BCUT2D eigenvalue weighted by Gasteiger charge is 2.27. The van der Waals surface area contributed by atoms with Crippen LogP contribution in [-0.2, 0) is 0 Å². The van der Waals surface area contributed by atoms with Crippen molar-refractivity contribution in [3.63, 3.8) is 0 Å². The molecule has 0 unspecified atom stereocenters. The number of nitrogens with zero attached hydrogens (tertiary/aromatic N) is 1. The van der Waals surface area contributed by atoms with Crippen molar-refractivity contribution in [3.8, 4) is 0 Å². The number of hydrogen-bond donors (Lipinski definition) is 1. The first-order valence-electron chi connectivity index (χ1n) is 4.65. The molecule has 3 rings (SSSR count). The minimum absolute atomic E-state index is 0.0234. The lowest BCUT2D eigenvalue weighted by Crippen LogP contribution is -2.14.